The van der Waals surface area contributed by atoms with Crippen LogP contribution < -0.4 is 87.6 Å². The van der Waals surface area contributed by atoms with Gasteiger partial charge in [-0.05, 0) is 0 Å². The number of aromatic nitrogens is 4. The average Bonchev–Trinajstić information content (AvgIpc) is 3.57. The summed E-state index contributed by atoms with van der Waals surface area (Å²) >= 11 is 1.02. The number of aliphatic hydroxyl groups is 2. The van der Waals surface area contributed by atoms with E-state index in [-0.39, 0.29) is 98.2 Å². The zero-order valence-electron chi connectivity index (χ0n) is 30.0. The second kappa shape index (κ2) is 22.5. The number of imidazole rings is 1. The quantitative estimate of drug-likeness (QED) is 0.0435. The second-order valence-corrected chi connectivity index (χ2v) is 16.7. The minimum absolute atomic E-state index is 0. The normalized spacial score (nSPS) is 22.2. The monoisotopic (exact) mass is 827 g/mol. The summed E-state index contributed by atoms with van der Waals surface area (Å²) in [4.78, 5) is 92.4. The number of hydrogen-bond acceptors (Lipinski definition) is 21. The molecule has 24 nitrogen and oxygen atoms in total. The summed E-state index contributed by atoms with van der Waals surface area (Å²) < 4.78 is 60.5. The summed E-state index contributed by atoms with van der Waals surface area (Å²) in [5, 5.41) is 25.9. The smallest absolute Gasteiger partial charge is 0.756 e. The Kier molecular flexibility index (Phi) is 22.2. The van der Waals surface area contributed by atoms with E-state index in [4.69, 9.17) is 10.5 Å². The van der Waals surface area contributed by atoms with Gasteiger partial charge in [-0.2, -0.15) is 0 Å². The Morgan fingerprint density at radius 3 is 2.31 bits per heavy atom. The van der Waals surface area contributed by atoms with Gasteiger partial charge in [-0.1, -0.05) is 25.6 Å². The number of ether oxygens (including phenoxy) is 1. The summed E-state index contributed by atoms with van der Waals surface area (Å²) in [6.07, 6.45) is -7.35. The van der Waals surface area contributed by atoms with Crippen molar-refractivity contribution in [3.63, 3.8) is 0 Å². The number of amides is 2. The van der Waals surface area contributed by atoms with Gasteiger partial charge < -0.3 is 64.5 Å². The van der Waals surface area contributed by atoms with E-state index in [2.05, 4.69) is 43.5 Å². The molecule has 0 bridgehead atoms. The summed E-state index contributed by atoms with van der Waals surface area (Å²) in [6.45, 7) is 1.54. The van der Waals surface area contributed by atoms with Gasteiger partial charge in [0.1, 0.15) is 36.3 Å². The number of phosphoric acid groups is 3. The zero-order chi connectivity index (χ0) is 38.4. The predicted octanol–water partition coefficient (Wildman–Crippen LogP) is -12.2. The van der Waals surface area contributed by atoms with Gasteiger partial charge in [0.25, 0.3) is 23.5 Å². The van der Waals surface area contributed by atoms with E-state index >= 15 is 0 Å². The minimum atomic E-state index is -5.89. The standard InChI is InChI=1S/C23H38N7O17P3S.3Li/c1-12(31)51-7-6-25-14(32)4-5-26-21(35)18(34)23(2,3)9-44-50(41,42)47-49(39,40)43-8-13-17(46-48(36,37)38)16(33)22(45-13)30-11-29-15-19(24)27-10-28-20(15)30;;;/h10-11,13,16-18,22,33-34H,4-9H2,1-3H3,(H,25,32)(H,26,35)(H,39,40)(H,41,42)(H2,24,27,28)(H2,36,37,38);;;/q;3*+1/p-3/t13-,16-,17-,18+,22-;;;/m1.../s1. The van der Waals surface area contributed by atoms with Crippen molar-refractivity contribution >= 4 is 69.1 Å². The Bertz CT molecular complexity index is 1730. The number of carbonyl (C=O) groups is 3. The maximum atomic E-state index is 12.4. The van der Waals surface area contributed by atoms with Crippen molar-refractivity contribution in [2.45, 2.75) is 57.8 Å². The van der Waals surface area contributed by atoms with Crippen molar-refractivity contribution in [2.24, 2.45) is 5.41 Å². The fraction of sp³-hybridized carbons (Fsp3) is 0.652. The predicted molar refractivity (Wildman–Crippen MR) is 166 cm³/mol. The van der Waals surface area contributed by atoms with E-state index < -0.39 is 84.6 Å². The van der Waals surface area contributed by atoms with Crippen LogP contribution in [0.3, 0.4) is 0 Å². The molecule has 3 rings (SSSR count). The van der Waals surface area contributed by atoms with Gasteiger partial charge in [-0.15, -0.1) is 0 Å². The van der Waals surface area contributed by atoms with Crippen LogP contribution in [0.5, 0.6) is 0 Å². The number of anilines is 1. The maximum Gasteiger partial charge on any atom is 1.00 e. The molecule has 1 saturated heterocycles. The van der Waals surface area contributed by atoms with Gasteiger partial charge >= 0.3 is 56.6 Å². The van der Waals surface area contributed by atoms with Crippen LogP contribution >= 0.6 is 35.2 Å². The molecule has 0 aromatic carbocycles. The molecule has 0 aliphatic carbocycles. The first-order valence-corrected chi connectivity index (χ1v) is 19.9. The number of aliphatic hydroxyl groups excluding tert-OH is 2. The van der Waals surface area contributed by atoms with E-state index in [0.29, 0.717) is 5.75 Å². The summed E-state index contributed by atoms with van der Waals surface area (Å²) in [6, 6.07) is 0. The van der Waals surface area contributed by atoms with Crippen molar-refractivity contribution in [2.75, 3.05) is 37.8 Å². The molecule has 0 saturated carbocycles. The molecular formula is C23H35Li3N7O17P3S. The first kappa shape index (κ1) is 53.4. The first-order chi connectivity index (χ1) is 23.5. The van der Waals surface area contributed by atoms with Gasteiger partial charge in [0, 0.05) is 37.6 Å². The van der Waals surface area contributed by atoms with E-state index in [1.54, 1.807) is 0 Å². The minimum Gasteiger partial charge on any atom is -0.756 e. The SMILES string of the molecule is CC(=O)SCCNC(=O)CCNC(=O)[C@H](O)C(C)(C)COP(=O)([O-])OP(=O)([O-])OC[C@H]1O[C@@H](n2cnc3c(N)ncnc32)[C@H](O)[C@@H]1OP(=O)([O-])O.[Li+].[Li+].[Li+]. The number of nitrogens with one attached hydrogen (secondary N) is 2. The van der Waals surface area contributed by atoms with Crippen molar-refractivity contribution in [1.29, 1.82) is 0 Å². The molecule has 1 fully saturated rings. The van der Waals surface area contributed by atoms with Crippen LogP contribution in [0, 0.1) is 5.41 Å². The zero-order valence-corrected chi connectivity index (χ0v) is 33.5. The van der Waals surface area contributed by atoms with E-state index in [1.807, 2.05) is 0 Å². The molecule has 0 radical (unpaired) electrons. The fourth-order valence-corrected chi connectivity index (χ4v) is 7.54. The summed E-state index contributed by atoms with van der Waals surface area (Å²) in [5.74, 6) is -1.17. The molecule has 3 heterocycles. The van der Waals surface area contributed by atoms with Crippen molar-refractivity contribution in [3.8, 4) is 0 Å². The second-order valence-electron chi connectivity index (χ2n) is 11.3. The number of rotatable bonds is 19. The third-order valence-corrected chi connectivity index (χ3v) is 10.6. The molecule has 31 heteroatoms. The van der Waals surface area contributed by atoms with E-state index in [1.165, 1.54) is 20.8 Å². The van der Waals surface area contributed by atoms with Crippen LogP contribution in [-0.2, 0) is 50.7 Å². The Hall–Kier alpha value is -0.648. The van der Waals surface area contributed by atoms with Crippen LogP contribution in [0.1, 0.15) is 33.4 Å². The molecule has 7 N–H and O–H groups in total. The molecule has 2 aromatic heterocycles. The third-order valence-electron chi connectivity index (χ3n) is 6.79. The van der Waals surface area contributed by atoms with Crippen LogP contribution in [-0.4, -0.2) is 108 Å². The van der Waals surface area contributed by atoms with Crippen LogP contribution in [0.4, 0.5) is 5.82 Å². The molecule has 1 aliphatic heterocycles. The van der Waals surface area contributed by atoms with Crippen molar-refractivity contribution in [1.82, 2.24) is 30.2 Å². The largest absolute Gasteiger partial charge is 1.00 e. The number of thioether (sulfide) groups is 1. The molecule has 2 amide bonds. The van der Waals surface area contributed by atoms with Gasteiger partial charge in [0.2, 0.25) is 11.8 Å². The van der Waals surface area contributed by atoms with Crippen molar-refractivity contribution < 1.29 is 137 Å². The number of nitrogens with two attached hydrogens (primary N) is 1. The Morgan fingerprint density at radius 2 is 1.70 bits per heavy atom. The summed E-state index contributed by atoms with van der Waals surface area (Å²) in [7, 11) is -17.3. The summed E-state index contributed by atoms with van der Waals surface area (Å²) in [5.41, 5.74) is 4.11. The van der Waals surface area contributed by atoms with Gasteiger partial charge in [0.15, 0.2) is 22.8 Å². The Balaban J connectivity index is 0.00000936. The molecule has 2 aromatic rings. The first-order valence-electron chi connectivity index (χ1n) is 14.5. The van der Waals surface area contributed by atoms with Crippen LogP contribution in [0.25, 0.3) is 11.2 Å². The molecule has 0 spiro atoms. The number of hydrogen-bond donors (Lipinski definition) is 6. The van der Waals surface area contributed by atoms with Gasteiger partial charge in [-0.25, -0.2) is 19.3 Å². The number of nitrogen functional groups attached to an aromatic ring is 1. The Morgan fingerprint density at radius 1 is 1.07 bits per heavy atom. The molecular weight excluding hydrogens is 792 g/mol. The number of nitrogens with zero attached hydrogens (tertiary/aromatic N) is 4. The molecule has 54 heavy (non-hydrogen) atoms. The Labute approximate surface area is 348 Å². The maximum absolute atomic E-state index is 12.4. The number of fused-ring (bicyclic) bond motifs is 1. The average molecular weight is 827 g/mol. The molecule has 1 aliphatic rings. The number of phosphoric ester groups is 3. The third kappa shape index (κ3) is 16.3. The van der Waals surface area contributed by atoms with Crippen molar-refractivity contribution in [3.05, 3.63) is 12.7 Å². The van der Waals surface area contributed by atoms with Gasteiger partial charge in [0.05, 0.1) is 19.5 Å². The van der Waals surface area contributed by atoms with E-state index in [0.717, 1.165) is 29.0 Å². The van der Waals surface area contributed by atoms with Gasteiger partial charge in [-0.3, -0.25) is 32.6 Å². The number of carbonyl (C=O) groups excluding carboxylic acids is 3. The van der Waals surface area contributed by atoms with E-state index in [9.17, 15) is 57.9 Å². The van der Waals surface area contributed by atoms with Crippen LogP contribution in [0.15, 0.2) is 12.7 Å². The topological polar surface area (TPSA) is 372 Å². The molecule has 8 atom stereocenters. The van der Waals surface area contributed by atoms with Crippen LogP contribution in [0.2, 0.25) is 0 Å². The molecule has 288 valence electrons. The fourth-order valence-electron chi connectivity index (χ4n) is 4.31. The molecule has 3 unspecified atom stereocenters.